The van der Waals surface area contributed by atoms with Crippen molar-refractivity contribution in [1.29, 1.82) is 0 Å². The van der Waals surface area contributed by atoms with Gasteiger partial charge in [-0.1, -0.05) is 0 Å². The van der Waals surface area contributed by atoms with Gasteiger partial charge in [0.1, 0.15) is 13.1 Å². The van der Waals surface area contributed by atoms with E-state index in [1.54, 1.807) is 0 Å². The van der Waals surface area contributed by atoms with Crippen molar-refractivity contribution >= 4 is 23.5 Å². The van der Waals surface area contributed by atoms with Crippen LogP contribution in [0.15, 0.2) is 0 Å². The van der Waals surface area contributed by atoms with Crippen molar-refractivity contribution in [1.82, 2.24) is 29.5 Å². The molecular weight excluding hydrogens is 328 g/mol. The molecule has 0 radical (unpaired) electrons. The van der Waals surface area contributed by atoms with Crippen LogP contribution in [0.2, 0.25) is 0 Å². The number of rotatable bonds is 7. The van der Waals surface area contributed by atoms with Gasteiger partial charge in [0, 0.05) is 10.2 Å². The molecule has 0 aliphatic carbocycles. The van der Waals surface area contributed by atoms with Crippen molar-refractivity contribution in [3.63, 3.8) is 0 Å². The van der Waals surface area contributed by atoms with Crippen molar-refractivity contribution in [3.8, 4) is 11.6 Å². The predicted octanol–water partition coefficient (Wildman–Crippen LogP) is -0.469. The Bertz CT molecular complexity index is 781. The summed E-state index contributed by atoms with van der Waals surface area (Å²) in [4.78, 5) is 49.7. The van der Waals surface area contributed by atoms with Crippen LogP contribution in [0.25, 0.3) is 11.6 Å². The fourth-order valence-electron chi connectivity index (χ4n) is 1.79. The van der Waals surface area contributed by atoms with Crippen LogP contribution < -0.4 is 0 Å². The standard InChI is InChI=1S/C10H10N8O6/c1-5(19)3-15-7(11-9(13-15)17(21)22)8-12-10(18(23)24)14-16(8)4-6(2)20/h3-4H2,1-2H3. The summed E-state index contributed by atoms with van der Waals surface area (Å²) in [6.45, 7) is 1.72. The molecule has 2 aromatic heterocycles. The van der Waals surface area contributed by atoms with E-state index in [0.717, 1.165) is 9.36 Å². The second-order valence-corrected chi connectivity index (χ2v) is 4.70. The van der Waals surface area contributed by atoms with Crippen LogP contribution in [0.3, 0.4) is 0 Å². The summed E-state index contributed by atoms with van der Waals surface area (Å²) in [5.41, 5.74) is 0. The zero-order valence-corrected chi connectivity index (χ0v) is 12.4. The Morgan fingerprint density at radius 3 is 1.46 bits per heavy atom. The van der Waals surface area contributed by atoms with E-state index in [4.69, 9.17) is 0 Å². The van der Waals surface area contributed by atoms with Crippen LogP contribution in [-0.4, -0.2) is 50.9 Å². The molecule has 14 nitrogen and oxygen atoms in total. The number of carbonyl (C=O) groups excluding carboxylic acids is 2. The van der Waals surface area contributed by atoms with E-state index in [1.807, 2.05) is 0 Å². The lowest BCUT2D eigenvalue weighted by molar-refractivity contribution is -0.394. The molecule has 24 heavy (non-hydrogen) atoms. The molecule has 2 heterocycles. The average Bonchev–Trinajstić information content (AvgIpc) is 3.01. The van der Waals surface area contributed by atoms with Gasteiger partial charge in [-0.2, -0.15) is 9.36 Å². The minimum Gasteiger partial charge on any atom is -0.390 e. The summed E-state index contributed by atoms with van der Waals surface area (Å²) < 4.78 is 1.76. The summed E-state index contributed by atoms with van der Waals surface area (Å²) in [5.74, 6) is -2.96. The van der Waals surface area contributed by atoms with Gasteiger partial charge in [0.2, 0.25) is 0 Å². The molecule has 0 aliphatic heterocycles. The molecule has 0 aliphatic rings. The van der Waals surface area contributed by atoms with E-state index < -0.39 is 21.7 Å². The molecule has 0 saturated heterocycles. The van der Waals surface area contributed by atoms with Gasteiger partial charge in [-0.25, -0.2) is 0 Å². The summed E-state index contributed by atoms with van der Waals surface area (Å²) in [7, 11) is 0. The Morgan fingerprint density at radius 2 is 1.21 bits per heavy atom. The summed E-state index contributed by atoms with van der Waals surface area (Å²) in [6.07, 6.45) is 0. The van der Waals surface area contributed by atoms with Crippen molar-refractivity contribution in [3.05, 3.63) is 20.2 Å². The van der Waals surface area contributed by atoms with Crippen LogP contribution in [0.4, 0.5) is 11.9 Å². The molecule has 0 spiro atoms. The minimum absolute atomic E-state index is 0.279. The highest BCUT2D eigenvalue weighted by Crippen LogP contribution is 2.21. The van der Waals surface area contributed by atoms with E-state index in [9.17, 15) is 29.8 Å². The number of carbonyl (C=O) groups is 2. The fraction of sp³-hybridized carbons (Fsp3) is 0.400. The van der Waals surface area contributed by atoms with Crippen molar-refractivity contribution in [2.24, 2.45) is 0 Å². The van der Waals surface area contributed by atoms with Gasteiger partial charge in [0.05, 0.1) is 0 Å². The number of hydrogen-bond acceptors (Lipinski definition) is 10. The Hall–Kier alpha value is -3.58. The fourth-order valence-corrected chi connectivity index (χ4v) is 1.79. The SMILES string of the molecule is CC(=O)Cn1nc([N+](=O)[O-])nc1-c1nc([N+](=O)[O-])nn1CC(C)=O. The van der Waals surface area contributed by atoms with Crippen molar-refractivity contribution in [2.45, 2.75) is 26.9 Å². The molecule has 14 heteroatoms. The van der Waals surface area contributed by atoms with Crippen LogP contribution >= 0.6 is 0 Å². The largest absolute Gasteiger partial charge is 0.491 e. The normalized spacial score (nSPS) is 10.6. The van der Waals surface area contributed by atoms with Crippen LogP contribution in [-0.2, 0) is 22.7 Å². The van der Waals surface area contributed by atoms with Gasteiger partial charge in [-0.05, 0) is 33.7 Å². The Labute approximate surface area is 132 Å². The number of Topliss-reactive ketones (excluding diaryl/α,β-unsaturated/α-hetero) is 2. The molecule has 0 amide bonds. The van der Waals surface area contributed by atoms with E-state index in [-0.39, 0.29) is 36.3 Å². The minimum atomic E-state index is -0.889. The highest BCUT2D eigenvalue weighted by atomic mass is 16.6. The van der Waals surface area contributed by atoms with Crippen LogP contribution in [0.5, 0.6) is 0 Å². The van der Waals surface area contributed by atoms with Crippen LogP contribution in [0, 0.1) is 20.2 Å². The first-order chi connectivity index (χ1) is 11.2. The first-order valence-electron chi connectivity index (χ1n) is 6.36. The highest BCUT2D eigenvalue weighted by molar-refractivity contribution is 5.76. The van der Waals surface area contributed by atoms with Crippen LogP contribution in [0.1, 0.15) is 13.8 Å². The molecule has 2 rings (SSSR count). The zero-order chi connectivity index (χ0) is 18.0. The maximum absolute atomic E-state index is 11.3. The highest BCUT2D eigenvalue weighted by Gasteiger charge is 2.33. The molecule has 0 fully saturated rings. The van der Waals surface area contributed by atoms with Gasteiger partial charge in [0.25, 0.3) is 0 Å². The Kier molecular flexibility index (Phi) is 4.38. The van der Waals surface area contributed by atoms with Gasteiger partial charge in [-0.15, -0.1) is 0 Å². The molecule has 126 valence electrons. The first kappa shape index (κ1) is 16.8. The second-order valence-electron chi connectivity index (χ2n) is 4.70. The smallest absolute Gasteiger partial charge is 0.390 e. The first-order valence-corrected chi connectivity index (χ1v) is 6.36. The zero-order valence-electron chi connectivity index (χ0n) is 12.4. The lowest BCUT2D eigenvalue weighted by Gasteiger charge is -1.97. The number of hydrogen-bond donors (Lipinski definition) is 0. The molecule has 0 saturated carbocycles. The summed E-state index contributed by atoms with van der Waals surface area (Å²) >= 11 is 0. The van der Waals surface area contributed by atoms with E-state index >= 15 is 0 Å². The molecule has 0 bridgehead atoms. The monoisotopic (exact) mass is 338 g/mol. The Morgan fingerprint density at radius 1 is 0.875 bits per heavy atom. The number of nitro groups is 2. The number of aromatic nitrogens is 6. The van der Waals surface area contributed by atoms with Gasteiger partial charge >= 0.3 is 23.5 Å². The van der Waals surface area contributed by atoms with E-state index in [2.05, 4.69) is 20.2 Å². The molecule has 0 N–H and O–H groups in total. The molecule has 0 atom stereocenters. The van der Waals surface area contributed by atoms with Gasteiger partial charge in [0.15, 0.2) is 11.6 Å². The quantitative estimate of drug-likeness (QED) is 0.472. The van der Waals surface area contributed by atoms with Gasteiger partial charge < -0.3 is 20.2 Å². The third-order valence-electron chi connectivity index (χ3n) is 2.59. The van der Waals surface area contributed by atoms with E-state index in [1.165, 1.54) is 13.8 Å². The maximum atomic E-state index is 11.3. The van der Waals surface area contributed by atoms with E-state index in [0.29, 0.717) is 0 Å². The molecule has 0 aromatic carbocycles. The lowest BCUT2D eigenvalue weighted by atomic mass is 10.4. The maximum Gasteiger partial charge on any atom is 0.491 e. The Balaban J connectivity index is 2.64. The molecule has 0 unspecified atom stereocenters. The second kappa shape index (κ2) is 6.27. The topological polar surface area (TPSA) is 182 Å². The predicted molar refractivity (Wildman–Crippen MR) is 73.7 cm³/mol. The molecule has 2 aromatic rings. The average molecular weight is 338 g/mol. The summed E-state index contributed by atoms with van der Waals surface area (Å²) in [6, 6.07) is 0. The lowest BCUT2D eigenvalue weighted by Crippen LogP contribution is -2.14. The van der Waals surface area contributed by atoms with Crippen molar-refractivity contribution in [2.75, 3.05) is 0 Å². The summed E-state index contributed by atoms with van der Waals surface area (Å²) in [5, 5.41) is 28.8. The third kappa shape index (κ3) is 3.42. The molecular formula is C10H10N8O6. The van der Waals surface area contributed by atoms with Gasteiger partial charge in [-0.3, -0.25) is 9.59 Å². The number of nitrogens with zero attached hydrogens (tertiary/aromatic N) is 8. The number of ketones is 2. The van der Waals surface area contributed by atoms with Crippen molar-refractivity contribution < 1.29 is 19.4 Å². The third-order valence-corrected chi connectivity index (χ3v) is 2.59.